The van der Waals surface area contributed by atoms with Crippen molar-refractivity contribution in [2.45, 2.75) is 26.4 Å². The van der Waals surface area contributed by atoms with Crippen molar-refractivity contribution in [3.63, 3.8) is 0 Å². The molecule has 1 heterocycles. The van der Waals surface area contributed by atoms with Gasteiger partial charge in [0.15, 0.2) is 0 Å². The Hall–Kier alpha value is -1.36. The van der Waals surface area contributed by atoms with E-state index in [0.717, 1.165) is 11.4 Å². The maximum atomic E-state index is 11.3. The molecule has 1 aromatic rings. The fourth-order valence-electron chi connectivity index (χ4n) is 1.35. The summed E-state index contributed by atoms with van der Waals surface area (Å²) in [5.41, 5.74) is 2.05. The molecule has 0 aromatic carbocycles. The van der Waals surface area contributed by atoms with Crippen LogP contribution in [0, 0.1) is 13.8 Å². The van der Waals surface area contributed by atoms with Gasteiger partial charge in [-0.2, -0.15) is 0 Å². The summed E-state index contributed by atoms with van der Waals surface area (Å²) in [7, 11) is 3.12. The van der Waals surface area contributed by atoms with Gasteiger partial charge in [-0.25, -0.2) is 4.98 Å². The van der Waals surface area contributed by atoms with E-state index in [0.29, 0.717) is 6.54 Å². The highest BCUT2D eigenvalue weighted by molar-refractivity contribution is 5.75. The Morgan fingerprint density at radius 2 is 2.33 bits per heavy atom. The number of carbonyl (C=O) groups is 1. The van der Waals surface area contributed by atoms with Crippen molar-refractivity contribution in [1.82, 2.24) is 14.9 Å². The summed E-state index contributed by atoms with van der Waals surface area (Å²) in [5.74, 6) is -0.261. The Bertz CT molecular complexity index is 346. The lowest BCUT2D eigenvalue weighted by atomic mass is 10.3. The maximum Gasteiger partial charge on any atom is 0.324 e. The quantitative estimate of drug-likeness (QED) is 0.726. The van der Waals surface area contributed by atoms with Crippen molar-refractivity contribution < 1.29 is 9.53 Å². The predicted molar refractivity (Wildman–Crippen MR) is 56.6 cm³/mol. The van der Waals surface area contributed by atoms with Gasteiger partial charge >= 0.3 is 5.97 Å². The third-order valence-electron chi connectivity index (χ3n) is 2.56. The molecule has 0 aliphatic heterocycles. The SMILES string of the molecule is CNC(Cn1cnc(C)c1C)C(=O)OC. The molecule has 0 spiro atoms. The van der Waals surface area contributed by atoms with Gasteiger partial charge in [0.25, 0.3) is 0 Å². The molecule has 1 unspecified atom stereocenters. The average Bonchev–Trinajstić information content (AvgIpc) is 2.56. The van der Waals surface area contributed by atoms with E-state index in [4.69, 9.17) is 0 Å². The van der Waals surface area contributed by atoms with Crippen molar-refractivity contribution in [3.8, 4) is 0 Å². The van der Waals surface area contributed by atoms with Gasteiger partial charge in [-0.15, -0.1) is 0 Å². The van der Waals surface area contributed by atoms with E-state index >= 15 is 0 Å². The number of hydrogen-bond donors (Lipinski definition) is 1. The number of hydrogen-bond acceptors (Lipinski definition) is 4. The lowest BCUT2D eigenvalue weighted by Gasteiger charge is -2.15. The van der Waals surface area contributed by atoms with E-state index < -0.39 is 0 Å². The van der Waals surface area contributed by atoms with E-state index in [1.807, 2.05) is 18.4 Å². The first kappa shape index (κ1) is 11.7. The molecule has 1 N–H and O–H groups in total. The monoisotopic (exact) mass is 211 g/mol. The molecule has 0 aliphatic carbocycles. The Labute approximate surface area is 89.4 Å². The molecule has 0 radical (unpaired) electrons. The van der Waals surface area contributed by atoms with E-state index in [1.54, 1.807) is 13.4 Å². The molecule has 0 amide bonds. The van der Waals surface area contributed by atoms with E-state index in [-0.39, 0.29) is 12.0 Å². The normalized spacial score (nSPS) is 12.5. The molecular weight excluding hydrogens is 194 g/mol. The van der Waals surface area contributed by atoms with Crippen molar-refractivity contribution in [3.05, 3.63) is 17.7 Å². The van der Waals surface area contributed by atoms with Crippen LogP contribution >= 0.6 is 0 Å². The smallest absolute Gasteiger partial charge is 0.324 e. The van der Waals surface area contributed by atoms with Gasteiger partial charge in [0.05, 0.1) is 19.1 Å². The molecule has 1 rings (SSSR count). The third-order valence-corrected chi connectivity index (χ3v) is 2.56. The summed E-state index contributed by atoms with van der Waals surface area (Å²) in [6.07, 6.45) is 1.73. The van der Waals surface area contributed by atoms with E-state index in [2.05, 4.69) is 15.0 Å². The summed E-state index contributed by atoms with van der Waals surface area (Å²) >= 11 is 0. The van der Waals surface area contributed by atoms with Crippen LogP contribution in [-0.4, -0.2) is 35.7 Å². The first-order chi connectivity index (χ1) is 7.10. The van der Waals surface area contributed by atoms with Crippen molar-refractivity contribution in [2.75, 3.05) is 14.2 Å². The molecular formula is C10H17N3O2. The van der Waals surface area contributed by atoms with Crippen LogP contribution in [0.4, 0.5) is 0 Å². The Morgan fingerprint density at radius 3 is 2.73 bits per heavy atom. The van der Waals surface area contributed by atoms with Gasteiger partial charge in [0.2, 0.25) is 0 Å². The van der Waals surface area contributed by atoms with Crippen LogP contribution < -0.4 is 5.32 Å². The van der Waals surface area contributed by atoms with Crippen LogP contribution in [0.15, 0.2) is 6.33 Å². The number of esters is 1. The van der Waals surface area contributed by atoms with E-state index in [9.17, 15) is 4.79 Å². The molecule has 5 heteroatoms. The van der Waals surface area contributed by atoms with Crippen LogP contribution in [0.5, 0.6) is 0 Å². The van der Waals surface area contributed by atoms with Crippen LogP contribution in [0.2, 0.25) is 0 Å². The number of ether oxygens (including phenoxy) is 1. The number of likely N-dealkylation sites (N-methyl/N-ethyl adjacent to an activating group) is 1. The Kier molecular flexibility index (Phi) is 3.85. The van der Waals surface area contributed by atoms with Gasteiger partial charge in [0, 0.05) is 12.2 Å². The summed E-state index contributed by atoms with van der Waals surface area (Å²) in [5, 5.41) is 2.91. The van der Waals surface area contributed by atoms with Crippen molar-refractivity contribution in [2.24, 2.45) is 0 Å². The topological polar surface area (TPSA) is 56.2 Å². The Balaban J connectivity index is 2.75. The van der Waals surface area contributed by atoms with Gasteiger partial charge in [-0.05, 0) is 20.9 Å². The van der Waals surface area contributed by atoms with Gasteiger partial charge in [-0.1, -0.05) is 0 Å². The second kappa shape index (κ2) is 4.93. The van der Waals surface area contributed by atoms with Crippen LogP contribution in [0.1, 0.15) is 11.4 Å². The van der Waals surface area contributed by atoms with Crippen molar-refractivity contribution in [1.29, 1.82) is 0 Å². The minimum Gasteiger partial charge on any atom is -0.468 e. The largest absolute Gasteiger partial charge is 0.468 e. The predicted octanol–water partition coefficient (Wildman–Crippen LogP) is 0.261. The summed E-state index contributed by atoms with van der Waals surface area (Å²) in [6, 6.07) is -0.331. The molecule has 0 saturated carbocycles. The zero-order valence-electron chi connectivity index (χ0n) is 9.57. The number of carbonyl (C=O) groups excluding carboxylic acids is 1. The summed E-state index contributed by atoms with van der Waals surface area (Å²) < 4.78 is 6.62. The molecule has 0 aliphatic rings. The second-order valence-electron chi connectivity index (χ2n) is 3.43. The van der Waals surface area contributed by atoms with Crippen LogP contribution in [0.25, 0.3) is 0 Å². The molecule has 84 valence electrons. The van der Waals surface area contributed by atoms with E-state index in [1.165, 1.54) is 7.11 Å². The number of aromatic nitrogens is 2. The summed E-state index contributed by atoms with van der Waals surface area (Å²) in [4.78, 5) is 15.5. The molecule has 0 bridgehead atoms. The van der Waals surface area contributed by atoms with Crippen LogP contribution in [0.3, 0.4) is 0 Å². The zero-order valence-corrected chi connectivity index (χ0v) is 9.57. The number of aryl methyl sites for hydroxylation is 1. The highest BCUT2D eigenvalue weighted by Gasteiger charge is 2.18. The molecule has 1 atom stereocenters. The summed E-state index contributed by atoms with van der Waals surface area (Å²) in [6.45, 7) is 4.46. The van der Waals surface area contributed by atoms with Crippen molar-refractivity contribution >= 4 is 5.97 Å². The molecule has 0 fully saturated rings. The minimum absolute atomic E-state index is 0.261. The zero-order chi connectivity index (χ0) is 11.4. The third kappa shape index (κ3) is 2.56. The molecule has 1 aromatic heterocycles. The lowest BCUT2D eigenvalue weighted by Crippen LogP contribution is -2.38. The van der Waals surface area contributed by atoms with Gasteiger partial charge in [0.1, 0.15) is 6.04 Å². The first-order valence-electron chi connectivity index (χ1n) is 4.83. The number of imidazole rings is 1. The fourth-order valence-corrected chi connectivity index (χ4v) is 1.35. The fraction of sp³-hybridized carbons (Fsp3) is 0.600. The van der Waals surface area contributed by atoms with Gasteiger partial charge < -0.3 is 14.6 Å². The molecule has 0 saturated heterocycles. The van der Waals surface area contributed by atoms with Gasteiger partial charge in [-0.3, -0.25) is 4.79 Å². The molecule has 5 nitrogen and oxygen atoms in total. The number of rotatable bonds is 4. The molecule has 15 heavy (non-hydrogen) atoms. The standard InChI is InChI=1S/C10H17N3O2/c1-7-8(2)13(6-12-7)5-9(11-3)10(14)15-4/h6,9,11H,5H2,1-4H3. The average molecular weight is 211 g/mol. The first-order valence-corrected chi connectivity index (χ1v) is 4.83. The number of methoxy groups -OCH3 is 1. The number of nitrogens with one attached hydrogen (secondary N) is 1. The second-order valence-corrected chi connectivity index (χ2v) is 3.43. The van der Waals surface area contributed by atoms with Crippen LogP contribution in [-0.2, 0) is 16.1 Å². The Morgan fingerprint density at radius 1 is 1.67 bits per heavy atom. The lowest BCUT2D eigenvalue weighted by molar-refractivity contribution is -0.143. The minimum atomic E-state index is -0.331. The highest BCUT2D eigenvalue weighted by atomic mass is 16.5. The number of nitrogens with zero attached hydrogens (tertiary/aromatic N) is 2. The highest BCUT2D eigenvalue weighted by Crippen LogP contribution is 2.05. The maximum absolute atomic E-state index is 11.3.